The summed E-state index contributed by atoms with van der Waals surface area (Å²) < 4.78 is 0. The number of benzene rings is 2. The minimum Gasteiger partial charge on any atom is -0.394 e. The molecule has 0 aliphatic rings. The molecule has 0 bridgehead atoms. The fraction of sp³-hybridized carbons (Fsp3) is 0.294. The first-order chi connectivity index (χ1) is 9.30. The Hall–Kier alpha value is -1.64. The monoisotopic (exact) mass is 255 g/mol. The van der Waals surface area contributed by atoms with Crippen LogP contribution in [0.4, 0.5) is 0 Å². The van der Waals surface area contributed by atoms with Crippen molar-refractivity contribution in [2.75, 3.05) is 6.61 Å². The van der Waals surface area contributed by atoms with Crippen molar-refractivity contribution < 1.29 is 5.11 Å². The Balaban J connectivity index is 2.16. The van der Waals surface area contributed by atoms with Crippen LogP contribution in [0.2, 0.25) is 0 Å². The Morgan fingerprint density at radius 1 is 0.947 bits per heavy atom. The van der Waals surface area contributed by atoms with Crippen molar-refractivity contribution in [2.24, 2.45) is 0 Å². The van der Waals surface area contributed by atoms with Gasteiger partial charge in [0.25, 0.3) is 0 Å². The van der Waals surface area contributed by atoms with Gasteiger partial charge in [-0.25, -0.2) is 0 Å². The molecular formula is C17H21NO. The van der Waals surface area contributed by atoms with Crippen LogP contribution in [0.1, 0.15) is 24.5 Å². The Bertz CT molecular complexity index is 477. The summed E-state index contributed by atoms with van der Waals surface area (Å²) in [6.45, 7) is 2.95. The first-order valence-corrected chi connectivity index (χ1v) is 6.76. The third-order valence-electron chi connectivity index (χ3n) is 3.67. The van der Waals surface area contributed by atoms with E-state index in [0.29, 0.717) is 0 Å². The first-order valence-electron chi connectivity index (χ1n) is 6.76. The van der Waals surface area contributed by atoms with Gasteiger partial charge in [0.1, 0.15) is 0 Å². The standard InChI is InChI=1S/C17H21NO/c1-2-17(14-19,16-11-7-4-8-12-16)18-13-15-9-5-3-6-10-15/h3-12,18-19H,2,13-14H2,1H3. The van der Waals surface area contributed by atoms with Gasteiger partial charge >= 0.3 is 0 Å². The van der Waals surface area contributed by atoms with Crippen molar-refractivity contribution in [3.8, 4) is 0 Å². The maximum absolute atomic E-state index is 9.85. The summed E-state index contributed by atoms with van der Waals surface area (Å²) in [6, 6.07) is 20.4. The lowest BCUT2D eigenvalue weighted by molar-refractivity contribution is 0.154. The average molecular weight is 255 g/mol. The summed E-state index contributed by atoms with van der Waals surface area (Å²) in [5.74, 6) is 0. The second-order valence-corrected chi connectivity index (χ2v) is 4.80. The molecule has 2 nitrogen and oxygen atoms in total. The van der Waals surface area contributed by atoms with E-state index in [1.54, 1.807) is 0 Å². The number of hydrogen-bond acceptors (Lipinski definition) is 2. The molecule has 0 saturated carbocycles. The van der Waals surface area contributed by atoms with E-state index in [4.69, 9.17) is 0 Å². The van der Waals surface area contributed by atoms with Gasteiger partial charge in [0.2, 0.25) is 0 Å². The predicted molar refractivity (Wildman–Crippen MR) is 78.8 cm³/mol. The lowest BCUT2D eigenvalue weighted by Crippen LogP contribution is -2.44. The SMILES string of the molecule is CCC(CO)(NCc1ccccc1)c1ccccc1. The smallest absolute Gasteiger partial charge is 0.0669 e. The van der Waals surface area contributed by atoms with Gasteiger partial charge in [-0.05, 0) is 17.5 Å². The lowest BCUT2D eigenvalue weighted by atomic mass is 9.87. The van der Waals surface area contributed by atoms with E-state index in [1.165, 1.54) is 5.56 Å². The maximum atomic E-state index is 9.85. The summed E-state index contributed by atoms with van der Waals surface area (Å²) in [7, 11) is 0. The topological polar surface area (TPSA) is 32.3 Å². The molecule has 0 aliphatic heterocycles. The van der Waals surface area contributed by atoms with Crippen molar-refractivity contribution in [1.82, 2.24) is 5.32 Å². The molecule has 0 spiro atoms. The van der Waals surface area contributed by atoms with Gasteiger partial charge in [0, 0.05) is 6.54 Å². The van der Waals surface area contributed by atoms with E-state index in [-0.39, 0.29) is 12.1 Å². The summed E-state index contributed by atoms with van der Waals surface area (Å²) in [5, 5.41) is 13.4. The molecule has 2 N–H and O–H groups in total. The van der Waals surface area contributed by atoms with Crippen LogP contribution in [0.25, 0.3) is 0 Å². The van der Waals surface area contributed by atoms with Crippen LogP contribution >= 0.6 is 0 Å². The number of hydrogen-bond donors (Lipinski definition) is 2. The van der Waals surface area contributed by atoms with Gasteiger partial charge in [-0.3, -0.25) is 0 Å². The zero-order valence-corrected chi connectivity index (χ0v) is 11.3. The fourth-order valence-corrected chi connectivity index (χ4v) is 2.31. The van der Waals surface area contributed by atoms with Crippen LogP contribution in [-0.4, -0.2) is 11.7 Å². The van der Waals surface area contributed by atoms with E-state index in [2.05, 4.69) is 36.5 Å². The van der Waals surface area contributed by atoms with E-state index < -0.39 is 0 Å². The molecule has 0 heterocycles. The third kappa shape index (κ3) is 3.22. The molecule has 2 aromatic rings. The van der Waals surface area contributed by atoms with E-state index in [9.17, 15) is 5.11 Å². The van der Waals surface area contributed by atoms with Crippen molar-refractivity contribution in [3.05, 3.63) is 71.8 Å². The fourth-order valence-electron chi connectivity index (χ4n) is 2.31. The van der Waals surface area contributed by atoms with Crippen LogP contribution in [0, 0.1) is 0 Å². The second-order valence-electron chi connectivity index (χ2n) is 4.80. The molecule has 2 aromatic carbocycles. The Labute approximate surface area is 115 Å². The first kappa shape index (κ1) is 13.8. The van der Waals surface area contributed by atoms with Crippen LogP contribution in [0.5, 0.6) is 0 Å². The van der Waals surface area contributed by atoms with E-state index in [0.717, 1.165) is 18.5 Å². The molecule has 0 amide bonds. The molecule has 1 unspecified atom stereocenters. The van der Waals surface area contributed by atoms with Crippen LogP contribution in [0.3, 0.4) is 0 Å². The van der Waals surface area contributed by atoms with Crippen LogP contribution < -0.4 is 5.32 Å². The molecular weight excluding hydrogens is 234 g/mol. The van der Waals surface area contributed by atoms with Gasteiger partial charge in [0.15, 0.2) is 0 Å². The lowest BCUT2D eigenvalue weighted by Gasteiger charge is -2.33. The molecule has 2 rings (SSSR count). The Morgan fingerprint density at radius 2 is 1.53 bits per heavy atom. The highest BCUT2D eigenvalue weighted by Crippen LogP contribution is 2.24. The maximum Gasteiger partial charge on any atom is 0.0669 e. The van der Waals surface area contributed by atoms with Gasteiger partial charge < -0.3 is 10.4 Å². The Kier molecular flexibility index (Phi) is 4.72. The van der Waals surface area contributed by atoms with Crippen molar-refractivity contribution in [3.63, 3.8) is 0 Å². The summed E-state index contributed by atoms with van der Waals surface area (Å²) >= 11 is 0. The highest BCUT2D eigenvalue weighted by Gasteiger charge is 2.28. The zero-order valence-electron chi connectivity index (χ0n) is 11.3. The molecule has 2 heteroatoms. The van der Waals surface area contributed by atoms with E-state index in [1.807, 2.05) is 36.4 Å². The summed E-state index contributed by atoms with van der Waals surface area (Å²) in [6.07, 6.45) is 0.848. The summed E-state index contributed by atoms with van der Waals surface area (Å²) in [4.78, 5) is 0. The number of rotatable bonds is 6. The summed E-state index contributed by atoms with van der Waals surface area (Å²) in [5.41, 5.74) is 2.00. The van der Waals surface area contributed by atoms with Crippen molar-refractivity contribution in [1.29, 1.82) is 0 Å². The molecule has 19 heavy (non-hydrogen) atoms. The highest BCUT2D eigenvalue weighted by atomic mass is 16.3. The number of aliphatic hydroxyl groups is 1. The molecule has 0 aliphatic carbocycles. The van der Waals surface area contributed by atoms with Gasteiger partial charge in [-0.1, -0.05) is 67.6 Å². The minimum absolute atomic E-state index is 0.0976. The molecule has 0 saturated heterocycles. The molecule has 0 fully saturated rings. The Morgan fingerprint density at radius 3 is 2.05 bits per heavy atom. The highest BCUT2D eigenvalue weighted by molar-refractivity contribution is 5.25. The quantitative estimate of drug-likeness (QED) is 0.831. The zero-order chi connectivity index (χ0) is 13.6. The molecule has 100 valence electrons. The number of nitrogens with one attached hydrogen (secondary N) is 1. The molecule has 0 radical (unpaired) electrons. The van der Waals surface area contributed by atoms with Crippen molar-refractivity contribution in [2.45, 2.75) is 25.4 Å². The number of aliphatic hydroxyl groups excluding tert-OH is 1. The van der Waals surface area contributed by atoms with Gasteiger partial charge in [0.05, 0.1) is 12.1 Å². The minimum atomic E-state index is -0.364. The predicted octanol–water partition coefficient (Wildman–Crippen LogP) is 3.07. The van der Waals surface area contributed by atoms with E-state index >= 15 is 0 Å². The third-order valence-corrected chi connectivity index (χ3v) is 3.67. The van der Waals surface area contributed by atoms with Crippen LogP contribution in [0.15, 0.2) is 60.7 Å². The van der Waals surface area contributed by atoms with Crippen molar-refractivity contribution >= 4 is 0 Å². The van der Waals surface area contributed by atoms with Gasteiger partial charge in [-0.2, -0.15) is 0 Å². The second kappa shape index (κ2) is 6.50. The van der Waals surface area contributed by atoms with Gasteiger partial charge in [-0.15, -0.1) is 0 Å². The molecule has 1 atom stereocenters. The normalized spacial score (nSPS) is 14.0. The van der Waals surface area contributed by atoms with Crippen LogP contribution in [-0.2, 0) is 12.1 Å². The molecule has 0 aromatic heterocycles. The average Bonchev–Trinajstić information content (AvgIpc) is 2.51. The largest absolute Gasteiger partial charge is 0.394 e.